The van der Waals surface area contributed by atoms with Gasteiger partial charge in [0.05, 0.1) is 0 Å². The Morgan fingerprint density at radius 2 is 2.05 bits per heavy atom. The first-order valence-corrected chi connectivity index (χ1v) is 7.76. The lowest BCUT2D eigenvalue weighted by Gasteiger charge is -2.25. The molecule has 1 N–H and O–H groups in total. The lowest BCUT2D eigenvalue weighted by atomic mass is 10.1. The van der Waals surface area contributed by atoms with E-state index < -0.39 is 0 Å². The highest BCUT2D eigenvalue weighted by atomic mass is 15.2. The molecule has 1 aliphatic rings. The van der Waals surface area contributed by atoms with Gasteiger partial charge in [-0.05, 0) is 50.4 Å². The molecule has 0 aromatic heterocycles. The molecule has 1 heterocycles. The van der Waals surface area contributed by atoms with Gasteiger partial charge in [0.2, 0.25) is 0 Å². The minimum atomic E-state index is 0.503. The molecule has 1 unspecified atom stereocenters. The molecule has 106 valence electrons. The van der Waals surface area contributed by atoms with Gasteiger partial charge in [-0.25, -0.2) is 0 Å². The lowest BCUT2D eigenvalue weighted by Crippen LogP contribution is -2.32. The van der Waals surface area contributed by atoms with Crippen LogP contribution in [0.1, 0.15) is 44.7 Å². The third-order valence-electron chi connectivity index (χ3n) is 3.94. The Kier molecular flexibility index (Phi) is 5.87. The van der Waals surface area contributed by atoms with Crippen LogP contribution in [0.15, 0.2) is 30.3 Å². The predicted molar refractivity (Wildman–Crippen MR) is 82.3 cm³/mol. The fourth-order valence-corrected chi connectivity index (χ4v) is 2.83. The molecule has 1 aromatic carbocycles. The molecule has 0 amide bonds. The van der Waals surface area contributed by atoms with Gasteiger partial charge in [0.15, 0.2) is 0 Å². The smallest absolute Gasteiger partial charge is 0.0449 e. The molecule has 19 heavy (non-hydrogen) atoms. The van der Waals surface area contributed by atoms with Crippen LogP contribution in [-0.2, 0) is 0 Å². The topological polar surface area (TPSA) is 15.3 Å². The van der Waals surface area contributed by atoms with Crippen LogP contribution in [-0.4, -0.2) is 31.1 Å². The Morgan fingerprint density at radius 1 is 1.26 bits per heavy atom. The van der Waals surface area contributed by atoms with Crippen molar-refractivity contribution in [2.75, 3.05) is 26.2 Å². The largest absolute Gasteiger partial charge is 0.309 e. The summed E-state index contributed by atoms with van der Waals surface area (Å²) in [5.41, 5.74) is 1.43. The van der Waals surface area contributed by atoms with E-state index in [0.29, 0.717) is 6.04 Å². The summed E-state index contributed by atoms with van der Waals surface area (Å²) in [6.45, 7) is 9.42. The van der Waals surface area contributed by atoms with Gasteiger partial charge in [-0.15, -0.1) is 0 Å². The van der Waals surface area contributed by atoms with E-state index in [2.05, 4.69) is 54.4 Å². The number of nitrogens with one attached hydrogen (secondary N) is 1. The first kappa shape index (κ1) is 14.5. The first-order chi connectivity index (χ1) is 9.25. The lowest BCUT2D eigenvalue weighted by molar-refractivity contribution is 0.259. The first-order valence-electron chi connectivity index (χ1n) is 7.76. The van der Waals surface area contributed by atoms with Gasteiger partial charge < -0.3 is 10.2 Å². The maximum absolute atomic E-state index is 3.69. The third-order valence-corrected chi connectivity index (χ3v) is 3.94. The summed E-state index contributed by atoms with van der Waals surface area (Å²) in [6.07, 6.45) is 3.95. The molecule has 1 aromatic rings. The highest BCUT2D eigenvalue weighted by Gasteiger charge is 2.18. The second-order valence-corrected chi connectivity index (χ2v) is 6.11. The normalized spacial score (nSPS) is 21.5. The summed E-state index contributed by atoms with van der Waals surface area (Å²) < 4.78 is 0. The number of benzene rings is 1. The summed E-state index contributed by atoms with van der Waals surface area (Å²) in [5.74, 6) is 0.829. The molecule has 1 atom stereocenters. The number of hydrogen-bond acceptors (Lipinski definition) is 2. The molecule has 0 spiro atoms. The van der Waals surface area contributed by atoms with Crippen molar-refractivity contribution in [3.05, 3.63) is 35.9 Å². The van der Waals surface area contributed by atoms with Gasteiger partial charge in [-0.1, -0.05) is 44.2 Å². The molecule has 2 heteroatoms. The summed E-state index contributed by atoms with van der Waals surface area (Å²) in [4.78, 5) is 2.64. The SMILES string of the molecule is CC(C)CCCN1CCCNC(c2ccccc2)C1. The van der Waals surface area contributed by atoms with Crippen molar-refractivity contribution < 1.29 is 0 Å². The zero-order valence-corrected chi connectivity index (χ0v) is 12.4. The second kappa shape index (κ2) is 7.66. The molecular weight excluding hydrogens is 232 g/mol. The van der Waals surface area contributed by atoms with E-state index in [-0.39, 0.29) is 0 Å². The molecule has 1 saturated heterocycles. The van der Waals surface area contributed by atoms with Crippen LogP contribution < -0.4 is 5.32 Å². The predicted octanol–water partition coefficient (Wildman–Crippen LogP) is 3.46. The van der Waals surface area contributed by atoms with Crippen molar-refractivity contribution in [2.45, 2.75) is 39.2 Å². The van der Waals surface area contributed by atoms with E-state index in [4.69, 9.17) is 0 Å². The number of rotatable bonds is 5. The van der Waals surface area contributed by atoms with Crippen molar-refractivity contribution in [1.82, 2.24) is 10.2 Å². The van der Waals surface area contributed by atoms with E-state index in [9.17, 15) is 0 Å². The average molecular weight is 260 g/mol. The monoisotopic (exact) mass is 260 g/mol. The quantitative estimate of drug-likeness (QED) is 0.872. The Labute approximate surface area is 118 Å². The van der Waals surface area contributed by atoms with Crippen LogP contribution in [0, 0.1) is 5.92 Å². The molecular formula is C17H28N2. The zero-order chi connectivity index (χ0) is 13.5. The van der Waals surface area contributed by atoms with Gasteiger partial charge in [0.25, 0.3) is 0 Å². The molecule has 0 radical (unpaired) electrons. The van der Waals surface area contributed by atoms with Crippen molar-refractivity contribution in [2.24, 2.45) is 5.92 Å². The Hall–Kier alpha value is -0.860. The van der Waals surface area contributed by atoms with Crippen molar-refractivity contribution in [3.63, 3.8) is 0 Å². The Morgan fingerprint density at radius 3 is 2.79 bits per heavy atom. The highest BCUT2D eigenvalue weighted by molar-refractivity contribution is 5.19. The van der Waals surface area contributed by atoms with E-state index in [1.807, 2.05) is 0 Å². The summed E-state index contributed by atoms with van der Waals surface area (Å²) in [5, 5.41) is 3.69. The summed E-state index contributed by atoms with van der Waals surface area (Å²) in [6, 6.07) is 11.4. The standard InChI is InChI=1S/C17H28N2/c1-15(2)8-6-12-19-13-7-11-18-17(14-19)16-9-4-3-5-10-16/h3-5,9-10,15,17-18H,6-8,11-14H2,1-2H3. The molecule has 0 aliphatic carbocycles. The van der Waals surface area contributed by atoms with Gasteiger partial charge in [-0.3, -0.25) is 0 Å². The Balaban J connectivity index is 1.88. The zero-order valence-electron chi connectivity index (χ0n) is 12.4. The van der Waals surface area contributed by atoms with Crippen LogP contribution in [0.4, 0.5) is 0 Å². The van der Waals surface area contributed by atoms with Crippen LogP contribution in [0.25, 0.3) is 0 Å². The Bertz CT molecular complexity index is 348. The van der Waals surface area contributed by atoms with Crippen molar-refractivity contribution in [1.29, 1.82) is 0 Å². The van der Waals surface area contributed by atoms with E-state index in [1.54, 1.807) is 0 Å². The highest BCUT2D eigenvalue weighted by Crippen LogP contribution is 2.17. The van der Waals surface area contributed by atoms with Crippen LogP contribution in [0.5, 0.6) is 0 Å². The van der Waals surface area contributed by atoms with E-state index in [1.165, 1.54) is 37.9 Å². The molecule has 2 rings (SSSR count). The van der Waals surface area contributed by atoms with Gasteiger partial charge in [0.1, 0.15) is 0 Å². The van der Waals surface area contributed by atoms with Crippen LogP contribution in [0.2, 0.25) is 0 Å². The molecule has 0 saturated carbocycles. The molecule has 2 nitrogen and oxygen atoms in total. The summed E-state index contributed by atoms with van der Waals surface area (Å²) in [7, 11) is 0. The van der Waals surface area contributed by atoms with E-state index >= 15 is 0 Å². The number of nitrogens with zero attached hydrogens (tertiary/aromatic N) is 1. The second-order valence-electron chi connectivity index (χ2n) is 6.11. The minimum absolute atomic E-state index is 0.503. The van der Waals surface area contributed by atoms with E-state index in [0.717, 1.165) is 19.0 Å². The molecule has 1 fully saturated rings. The maximum Gasteiger partial charge on any atom is 0.0449 e. The van der Waals surface area contributed by atoms with Gasteiger partial charge in [0, 0.05) is 12.6 Å². The average Bonchev–Trinajstić information content (AvgIpc) is 2.65. The van der Waals surface area contributed by atoms with Gasteiger partial charge in [-0.2, -0.15) is 0 Å². The van der Waals surface area contributed by atoms with Crippen LogP contribution in [0.3, 0.4) is 0 Å². The fraction of sp³-hybridized carbons (Fsp3) is 0.647. The summed E-state index contributed by atoms with van der Waals surface area (Å²) >= 11 is 0. The molecule has 1 aliphatic heterocycles. The van der Waals surface area contributed by atoms with Crippen LogP contribution >= 0.6 is 0 Å². The van der Waals surface area contributed by atoms with Gasteiger partial charge >= 0.3 is 0 Å². The van der Waals surface area contributed by atoms with Crippen molar-refractivity contribution in [3.8, 4) is 0 Å². The third kappa shape index (κ3) is 4.96. The maximum atomic E-state index is 3.69. The van der Waals surface area contributed by atoms with Crippen molar-refractivity contribution >= 4 is 0 Å². The molecule has 0 bridgehead atoms. The minimum Gasteiger partial charge on any atom is -0.309 e. The number of hydrogen-bond donors (Lipinski definition) is 1. The fourth-order valence-electron chi connectivity index (χ4n) is 2.83.